The molecule has 0 bridgehead atoms. The Hall–Kier alpha value is -5.02. The summed E-state index contributed by atoms with van der Waals surface area (Å²) in [7, 11) is 0. The molecule has 0 N–H and O–H groups in total. The number of fused-ring (bicyclic) bond motifs is 13. The van der Waals surface area contributed by atoms with E-state index >= 15 is 0 Å². The van der Waals surface area contributed by atoms with E-state index < -0.39 is 5.41 Å². The predicted octanol–water partition coefficient (Wildman–Crippen LogP) is 8.88. The van der Waals surface area contributed by atoms with Crippen molar-refractivity contribution in [2.45, 2.75) is 51.4 Å². The first-order chi connectivity index (χ1) is 23.1. The Morgan fingerprint density at radius 3 is 2.13 bits per heavy atom. The van der Waals surface area contributed by atoms with Crippen molar-refractivity contribution in [3.8, 4) is 17.2 Å². The van der Waals surface area contributed by atoms with E-state index in [4.69, 9.17) is 4.74 Å². The number of hydrogen-bond donors (Lipinski definition) is 0. The average molecular weight is 606 g/mol. The number of para-hydroxylation sites is 2. The average Bonchev–Trinajstić information content (AvgIpc) is 3.45. The number of hydrogen-bond acceptors (Lipinski definition) is 1. The first-order valence-corrected chi connectivity index (χ1v) is 17.4. The van der Waals surface area contributed by atoms with Crippen molar-refractivity contribution < 1.29 is 4.74 Å². The Kier molecular flexibility index (Phi) is 5.63. The van der Waals surface area contributed by atoms with E-state index in [2.05, 4.69) is 147 Å². The van der Waals surface area contributed by atoms with E-state index in [1.807, 2.05) is 0 Å². The number of benzene rings is 6. The van der Waals surface area contributed by atoms with Crippen molar-refractivity contribution in [3.05, 3.63) is 155 Å². The third-order valence-electron chi connectivity index (χ3n) is 11.5. The number of rotatable bonds is 4. The van der Waals surface area contributed by atoms with Crippen LogP contribution < -0.4 is 21.1 Å². The van der Waals surface area contributed by atoms with E-state index in [0.29, 0.717) is 5.92 Å². The van der Waals surface area contributed by atoms with Crippen LogP contribution in [-0.2, 0) is 11.8 Å². The van der Waals surface area contributed by atoms with Gasteiger partial charge in [0.25, 0.3) is 0 Å². The molecule has 1 unspecified atom stereocenters. The first kappa shape index (κ1) is 27.1. The molecular weight excluding hydrogens is 569 g/mol. The zero-order chi connectivity index (χ0) is 31.4. The van der Waals surface area contributed by atoms with Crippen LogP contribution in [0.5, 0.6) is 11.5 Å². The largest absolute Gasteiger partial charge is 0.457 e. The molecule has 0 amide bonds. The van der Waals surface area contributed by atoms with Gasteiger partial charge in [-0.05, 0) is 88.3 Å². The Morgan fingerprint density at radius 1 is 0.681 bits per heavy atom. The summed E-state index contributed by atoms with van der Waals surface area (Å²) in [5, 5.41) is 2.76. The molecule has 0 saturated carbocycles. The second kappa shape index (κ2) is 9.75. The molecule has 0 radical (unpaired) electrons. The van der Waals surface area contributed by atoms with Crippen molar-refractivity contribution in [1.82, 2.24) is 4.57 Å². The number of nitrogens with zero attached hydrogens (tertiary/aromatic N) is 1. The van der Waals surface area contributed by atoms with E-state index in [9.17, 15) is 0 Å². The topological polar surface area (TPSA) is 14.2 Å². The van der Waals surface area contributed by atoms with Crippen LogP contribution in [0.2, 0.25) is 0 Å². The maximum atomic E-state index is 6.65. The van der Waals surface area contributed by atoms with Gasteiger partial charge in [0.2, 0.25) is 6.71 Å². The summed E-state index contributed by atoms with van der Waals surface area (Å²) < 4.78 is 9.25. The minimum Gasteiger partial charge on any atom is -0.457 e. The number of ether oxygens (including phenoxy) is 1. The summed E-state index contributed by atoms with van der Waals surface area (Å²) >= 11 is 0. The fourth-order valence-electron chi connectivity index (χ4n) is 9.51. The summed E-state index contributed by atoms with van der Waals surface area (Å²) in [6.07, 6.45) is 3.41. The molecule has 3 aliphatic rings. The lowest BCUT2D eigenvalue weighted by atomic mass is 9.29. The molecule has 1 aromatic heterocycles. The van der Waals surface area contributed by atoms with E-state index in [-0.39, 0.29) is 6.71 Å². The van der Waals surface area contributed by atoms with Gasteiger partial charge >= 0.3 is 0 Å². The van der Waals surface area contributed by atoms with Gasteiger partial charge in [0.1, 0.15) is 11.5 Å². The molecule has 10 rings (SSSR count). The molecule has 0 aliphatic carbocycles. The van der Waals surface area contributed by atoms with Crippen LogP contribution in [0.25, 0.3) is 27.5 Å². The molecule has 3 aliphatic heterocycles. The predicted molar refractivity (Wildman–Crippen MR) is 197 cm³/mol. The fourth-order valence-corrected chi connectivity index (χ4v) is 9.51. The number of aryl methyl sites for hydroxylation is 1. The Balaban J connectivity index is 1.39. The zero-order valence-electron chi connectivity index (χ0n) is 27.2. The minimum atomic E-state index is -0.505. The molecular formula is C44H36BNO. The van der Waals surface area contributed by atoms with Crippen LogP contribution in [-0.4, -0.2) is 11.3 Å². The smallest absolute Gasteiger partial charge is 0.247 e. The highest BCUT2D eigenvalue weighted by Crippen LogP contribution is 2.56. The molecule has 4 heterocycles. The molecule has 6 aromatic carbocycles. The zero-order valence-corrected chi connectivity index (χ0v) is 27.2. The van der Waals surface area contributed by atoms with Gasteiger partial charge in [0, 0.05) is 33.1 Å². The molecule has 3 heteroatoms. The Labute approximate surface area is 276 Å². The van der Waals surface area contributed by atoms with Gasteiger partial charge in [-0.3, -0.25) is 0 Å². The van der Waals surface area contributed by atoms with E-state index in [1.165, 1.54) is 90.1 Å². The fraction of sp³-hybridized carbons (Fsp3) is 0.182. The summed E-state index contributed by atoms with van der Waals surface area (Å²) in [4.78, 5) is 0. The van der Waals surface area contributed by atoms with Crippen LogP contribution in [0.4, 0.5) is 0 Å². The van der Waals surface area contributed by atoms with Crippen LogP contribution in [0, 0.1) is 0 Å². The normalized spacial score (nSPS) is 15.2. The molecule has 7 aromatic rings. The molecule has 0 saturated heterocycles. The highest BCUT2D eigenvalue weighted by atomic mass is 16.5. The second-order valence-corrected chi connectivity index (χ2v) is 13.8. The SMILES string of the molecule is CCCC(C)c1ccc2c(c1)c1cc(CC)cc3c1n2-c1cccc2c1B3c1ccccc1C21c2ccccc2Oc2ccccc21. The van der Waals surface area contributed by atoms with Crippen LogP contribution in [0.3, 0.4) is 0 Å². The molecule has 226 valence electrons. The number of aromatic nitrogens is 1. The molecule has 47 heavy (non-hydrogen) atoms. The first-order valence-electron chi connectivity index (χ1n) is 17.4. The molecule has 0 fully saturated rings. The van der Waals surface area contributed by atoms with Gasteiger partial charge in [-0.2, -0.15) is 0 Å². The Morgan fingerprint density at radius 2 is 1.38 bits per heavy atom. The van der Waals surface area contributed by atoms with Gasteiger partial charge < -0.3 is 9.30 Å². The van der Waals surface area contributed by atoms with Crippen LogP contribution >= 0.6 is 0 Å². The third kappa shape index (κ3) is 3.37. The summed E-state index contributed by atoms with van der Waals surface area (Å²) in [5.41, 5.74) is 15.7. The van der Waals surface area contributed by atoms with Crippen LogP contribution in [0.15, 0.2) is 121 Å². The Bertz CT molecular complexity index is 2390. The maximum absolute atomic E-state index is 6.65. The molecule has 1 atom stereocenters. The summed E-state index contributed by atoms with van der Waals surface area (Å²) in [5.74, 6) is 2.41. The molecule has 2 nitrogen and oxygen atoms in total. The van der Waals surface area contributed by atoms with Gasteiger partial charge in [0.15, 0.2) is 0 Å². The van der Waals surface area contributed by atoms with Crippen LogP contribution in [0.1, 0.15) is 72.9 Å². The van der Waals surface area contributed by atoms with Crippen molar-refractivity contribution in [1.29, 1.82) is 0 Å². The molecule has 1 spiro atoms. The lowest BCUT2D eigenvalue weighted by molar-refractivity contribution is 0.435. The van der Waals surface area contributed by atoms with Gasteiger partial charge in [0.05, 0.1) is 10.9 Å². The van der Waals surface area contributed by atoms with Gasteiger partial charge in [-0.25, -0.2) is 0 Å². The van der Waals surface area contributed by atoms with Gasteiger partial charge in [-0.1, -0.05) is 118 Å². The third-order valence-corrected chi connectivity index (χ3v) is 11.5. The lowest BCUT2D eigenvalue weighted by Crippen LogP contribution is -2.64. The van der Waals surface area contributed by atoms with Crippen molar-refractivity contribution >= 4 is 44.9 Å². The monoisotopic (exact) mass is 605 g/mol. The lowest BCUT2D eigenvalue weighted by Gasteiger charge is -2.48. The van der Waals surface area contributed by atoms with E-state index in [0.717, 1.165) is 17.9 Å². The van der Waals surface area contributed by atoms with Crippen molar-refractivity contribution in [2.75, 3.05) is 0 Å². The summed E-state index contributed by atoms with van der Waals surface area (Å²) in [6.45, 7) is 7.10. The van der Waals surface area contributed by atoms with Gasteiger partial charge in [-0.15, -0.1) is 0 Å². The highest BCUT2D eigenvalue weighted by molar-refractivity contribution is 6.99. The highest BCUT2D eigenvalue weighted by Gasteiger charge is 2.53. The standard InChI is InChI=1S/C44H36BNO/c1-4-13-27(3)29-22-23-38-30(26-29)31-24-28(5-2)25-37-43(31)46(38)39-19-12-17-35-42(39)45(37)36-18-9-6-14-32(36)44(35)33-15-7-10-20-40(33)47-41-21-11-8-16-34(41)44/h6-12,14-27H,4-5,13H2,1-3H3. The maximum Gasteiger partial charge on any atom is 0.247 e. The minimum absolute atomic E-state index is 0.134. The van der Waals surface area contributed by atoms with Crippen molar-refractivity contribution in [2.24, 2.45) is 0 Å². The van der Waals surface area contributed by atoms with Crippen molar-refractivity contribution in [3.63, 3.8) is 0 Å². The second-order valence-electron chi connectivity index (χ2n) is 13.8. The van der Waals surface area contributed by atoms with E-state index in [1.54, 1.807) is 0 Å². The summed E-state index contributed by atoms with van der Waals surface area (Å²) in [6, 6.07) is 46.0. The quantitative estimate of drug-likeness (QED) is 0.183.